The first kappa shape index (κ1) is 31.7. The summed E-state index contributed by atoms with van der Waals surface area (Å²) in [5.74, 6) is -0.229. The predicted octanol–water partition coefficient (Wildman–Crippen LogP) is 7.37. The van der Waals surface area contributed by atoms with Gasteiger partial charge in [-0.15, -0.1) is 12.4 Å². The van der Waals surface area contributed by atoms with Crippen LogP contribution in [0.15, 0.2) is 103 Å². The maximum atomic E-state index is 14.6. The van der Waals surface area contributed by atoms with Crippen molar-refractivity contribution in [3.05, 3.63) is 131 Å². The molecule has 7 heteroatoms. The van der Waals surface area contributed by atoms with Crippen LogP contribution in [0.4, 0.5) is 4.39 Å². The van der Waals surface area contributed by atoms with E-state index in [2.05, 4.69) is 53.4 Å². The van der Waals surface area contributed by atoms with Gasteiger partial charge in [-0.3, -0.25) is 9.69 Å². The Balaban J connectivity index is 0.00000462. The summed E-state index contributed by atoms with van der Waals surface area (Å²) in [6.07, 6.45) is 0.582. The number of carboxylic acids is 1. The zero-order chi connectivity index (χ0) is 28.3. The largest absolute Gasteiger partial charge is 0.494 e. The number of halogens is 2. The van der Waals surface area contributed by atoms with Crippen LogP contribution in [0.2, 0.25) is 0 Å². The van der Waals surface area contributed by atoms with Crippen molar-refractivity contribution in [2.45, 2.75) is 38.3 Å². The quantitative estimate of drug-likeness (QED) is 0.169. The molecular formula is C34H37ClFNO4. The van der Waals surface area contributed by atoms with Crippen LogP contribution < -0.4 is 9.47 Å². The molecule has 0 bridgehead atoms. The smallest absolute Gasteiger partial charge is 0.307 e. The summed E-state index contributed by atoms with van der Waals surface area (Å²) in [6.45, 7) is 4.04. The molecule has 0 radical (unpaired) electrons. The van der Waals surface area contributed by atoms with Gasteiger partial charge in [0.05, 0.1) is 19.6 Å². The zero-order valence-corrected chi connectivity index (χ0v) is 24.2. The Morgan fingerprint density at radius 1 is 0.878 bits per heavy atom. The number of rotatable bonds is 14. The molecule has 4 rings (SSSR count). The van der Waals surface area contributed by atoms with Crippen molar-refractivity contribution < 1.29 is 23.8 Å². The second kappa shape index (κ2) is 15.8. The van der Waals surface area contributed by atoms with Gasteiger partial charge < -0.3 is 14.6 Å². The lowest BCUT2D eigenvalue weighted by molar-refractivity contribution is -0.136. The van der Waals surface area contributed by atoms with E-state index in [0.29, 0.717) is 17.9 Å². The van der Waals surface area contributed by atoms with Crippen LogP contribution in [0.25, 0.3) is 0 Å². The molecular weight excluding hydrogens is 541 g/mol. The number of methoxy groups -OCH3 is 1. The Labute approximate surface area is 248 Å². The third-order valence-electron chi connectivity index (χ3n) is 6.91. The maximum Gasteiger partial charge on any atom is 0.307 e. The van der Waals surface area contributed by atoms with Gasteiger partial charge >= 0.3 is 5.97 Å². The molecule has 0 heterocycles. The van der Waals surface area contributed by atoms with Gasteiger partial charge in [0.2, 0.25) is 0 Å². The Morgan fingerprint density at radius 2 is 1.54 bits per heavy atom. The molecule has 0 saturated heterocycles. The lowest BCUT2D eigenvalue weighted by Gasteiger charge is -2.29. The predicted molar refractivity (Wildman–Crippen MR) is 163 cm³/mol. The topological polar surface area (TPSA) is 59.0 Å². The number of nitrogens with zero attached hydrogens (tertiary/aromatic N) is 1. The second-order valence-corrected chi connectivity index (χ2v) is 10.0. The van der Waals surface area contributed by atoms with Crippen molar-refractivity contribution in [3.63, 3.8) is 0 Å². The van der Waals surface area contributed by atoms with Crippen LogP contribution >= 0.6 is 12.4 Å². The number of ether oxygens (including phenoxy) is 2. The Morgan fingerprint density at radius 3 is 2.12 bits per heavy atom. The molecule has 0 unspecified atom stereocenters. The van der Waals surface area contributed by atoms with Crippen molar-refractivity contribution in [2.75, 3.05) is 20.2 Å². The van der Waals surface area contributed by atoms with Gasteiger partial charge in [-0.2, -0.15) is 0 Å². The van der Waals surface area contributed by atoms with Crippen LogP contribution in [0.1, 0.15) is 41.5 Å². The molecule has 4 aromatic rings. The Hall–Kier alpha value is -3.87. The lowest BCUT2D eigenvalue weighted by atomic mass is 9.90. The third-order valence-corrected chi connectivity index (χ3v) is 6.91. The number of carboxylic acid groups (broad SMARTS) is 1. The minimum atomic E-state index is -0.873. The molecule has 0 aliphatic rings. The van der Waals surface area contributed by atoms with E-state index in [1.165, 1.54) is 18.2 Å². The molecule has 0 spiro atoms. The molecule has 4 aromatic carbocycles. The number of carbonyl (C=O) groups is 1. The molecule has 216 valence electrons. The van der Waals surface area contributed by atoms with Crippen LogP contribution in [0.3, 0.4) is 0 Å². The molecule has 41 heavy (non-hydrogen) atoms. The number of aliphatic carboxylic acids is 1. The summed E-state index contributed by atoms with van der Waals surface area (Å²) >= 11 is 0. The van der Waals surface area contributed by atoms with Gasteiger partial charge in [-0.1, -0.05) is 78.9 Å². The summed E-state index contributed by atoms with van der Waals surface area (Å²) in [4.78, 5) is 13.4. The monoisotopic (exact) mass is 577 g/mol. The average Bonchev–Trinajstić information content (AvgIpc) is 2.95. The maximum absolute atomic E-state index is 14.6. The van der Waals surface area contributed by atoms with Crippen molar-refractivity contribution in [1.82, 2.24) is 4.90 Å². The Kier molecular flexibility index (Phi) is 12.2. The first-order chi connectivity index (χ1) is 19.4. The van der Waals surface area contributed by atoms with E-state index in [1.54, 1.807) is 24.3 Å². The van der Waals surface area contributed by atoms with Gasteiger partial charge in [0, 0.05) is 25.6 Å². The molecule has 0 aromatic heterocycles. The van der Waals surface area contributed by atoms with Gasteiger partial charge in [-0.25, -0.2) is 4.39 Å². The van der Waals surface area contributed by atoms with E-state index in [0.717, 1.165) is 25.1 Å². The van der Waals surface area contributed by atoms with Gasteiger partial charge in [0.1, 0.15) is 5.75 Å². The molecule has 0 aliphatic carbocycles. The first-order valence-corrected chi connectivity index (χ1v) is 13.5. The number of hydrogen-bond donors (Lipinski definition) is 1. The second-order valence-electron chi connectivity index (χ2n) is 10.0. The number of benzene rings is 4. The highest BCUT2D eigenvalue weighted by Gasteiger charge is 2.20. The van der Waals surface area contributed by atoms with Crippen molar-refractivity contribution in [1.29, 1.82) is 0 Å². The highest BCUT2D eigenvalue weighted by atomic mass is 35.5. The lowest BCUT2D eigenvalue weighted by Crippen LogP contribution is -2.32. The van der Waals surface area contributed by atoms with E-state index in [9.17, 15) is 9.18 Å². The van der Waals surface area contributed by atoms with E-state index in [1.807, 2.05) is 37.3 Å². The number of hydrogen-bond acceptors (Lipinski definition) is 4. The molecule has 0 aliphatic heterocycles. The molecule has 1 atom stereocenters. The highest BCUT2D eigenvalue weighted by molar-refractivity contribution is 5.85. The van der Waals surface area contributed by atoms with Crippen LogP contribution in [0.5, 0.6) is 11.5 Å². The molecule has 5 nitrogen and oxygen atoms in total. The van der Waals surface area contributed by atoms with E-state index >= 15 is 0 Å². The Bertz CT molecular complexity index is 1330. The molecule has 0 fully saturated rings. The van der Waals surface area contributed by atoms with Crippen molar-refractivity contribution >= 4 is 18.4 Å². The minimum absolute atomic E-state index is 0. The van der Waals surface area contributed by atoms with Crippen molar-refractivity contribution in [3.8, 4) is 11.5 Å². The fourth-order valence-electron chi connectivity index (χ4n) is 4.89. The van der Waals surface area contributed by atoms with E-state index < -0.39 is 5.97 Å². The third kappa shape index (κ3) is 9.62. The zero-order valence-electron chi connectivity index (χ0n) is 23.4. The standard InChI is InChI=1S/C34H36FNO4.ClH/c1-25(40-30-15-9-10-26(20-30)22-34(37)38)18-19-36(23-27-16-17-33(39-2)32(35)21-27)24-31(28-11-5-3-6-12-28)29-13-7-4-8-14-29;/h3-17,20-21,25,31H,18-19,22-24H2,1-2H3,(H,37,38);1H/t25-;/m1./s1. The van der Waals surface area contributed by atoms with Crippen LogP contribution in [0, 0.1) is 5.82 Å². The van der Waals surface area contributed by atoms with Gasteiger partial charge in [0.15, 0.2) is 11.6 Å². The van der Waals surface area contributed by atoms with E-state index in [4.69, 9.17) is 14.6 Å². The SMILES string of the molecule is COc1ccc(CN(CC[C@@H](C)Oc2cccc(CC(=O)O)c2)CC(c2ccccc2)c2ccccc2)cc1F.Cl. The summed E-state index contributed by atoms with van der Waals surface area (Å²) in [5, 5.41) is 9.11. The fraction of sp³-hybridized carbons (Fsp3) is 0.265. The van der Waals surface area contributed by atoms with Crippen LogP contribution in [-0.4, -0.2) is 42.3 Å². The van der Waals surface area contributed by atoms with Crippen LogP contribution in [-0.2, 0) is 17.8 Å². The molecule has 0 saturated carbocycles. The molecule has 1 N–H and O–H groups in total. The normalized spacial score (nSPS) is 11.6. The fourth-order valence-corrected chi connectivity index (χ4v) is 4.89. The van der Waals surface area contributed by atoms with Crippen molar-refractivity contribution in [2.24, 2.45) is 0 Å². The van der Waals surface area contributed by atoms with Gasteiger partial charge in [-0.05, 0) is 59.9 Å². The summed E-state index contributed by atoms with van der Waals surface area (Å²) in [7, 11) is 1.47. The van der Waals surface area contributed by atoms with Gasteiger partial charge in [0.25, 0.3) is 0 Å². The first-order valence-electron chi connectivity index (χ1n) is 13.5. The van der Waals surface area contributed by atoms with E-state index in [-0.39, 0.29) is 42.4 Å². The summed E-state index contributed by atoms with van der Waals surface area (Å²) in [5.41, 5.74) is 4.01. The minimum Gasteiger partial charge on any atom is -0.494 e. The summed E-state index contributed by atoms with van der Waals surface area (Å²) < 4.78 is 25.8. The highest BCUT2D eigenvalue weighted by Crippen LogP contribution is 2.27. The summed E-state index contributed by atoms with van der Waals surface area (Å²) in [6, 6.07) is 33.2. The average molecular weight is 578 g/mol. The molecule has 0 amide bonds.